The van der Waals surface area contributed by atoms with Crippen LogP contribution >= 0.6 is 22.6 Å². The van der Waals surface area contributed by atoms with E-state index in [0.717, 1.165) is 4.90 Å². The van der Waals surface area contributed by atoms with Gasteiger partial charge in [-0.25, -0.2) is 9.69 Å². The highest BCUT2D eigenvalue weighted by Crippen LogP contribution is 2.36. The molecule has 7 heteroatoms. The monoisotopic (exact) mass is 437 g/mol. The lowest BCUT2D eigenvalue weighted by atomic mass is 10.1. The number of ether oxygens (including phenoxy) is 2. The molecular formula is C17H12INO5. The first-order chi connectivity index (χ1) is 11.5. The number of fused-ring (bicyclic) bond motifs is 1. The largest absolute Gasteiger partial charge is 0.496 e. The quantitative estimate of drug-likeness (QED) is 0.420. The van der Waals surface area contributed by atoms with Gasteiger partial charge in [0.05, 0.1) is 31.0 Å². The molecule has 1 heterocycles. The molecule has 0 spiro atoms. The summed E-state index contributed by atoms with van der Waals surface area (Å²) in [7, 11) is 2.67. The summed E-state index contributed by atoms with van der Waals surface area (Å²) < 4.78 is 10.5. The van der Waals surface area contributed by atoms with Crippen LogP contribution in [-0.2, 0) is 4.74 Å². The maximum absolute atomic E-state index is 12.6. The van der Waals surface area contributed by atoms with Crippen molar-refractivity contribution in [2.24, 2.45) is 0 Å². The molecule has 122 valence electrons. The van der Waals surface area contributed by atoms with Crippen LogP contribution < -0.4 is 9.64 Å². The zero-order chi connectivity index (χ0) is 17.4. The first-order valence-corrected chi connectivity index (χ1v) is 8.01. The molecule has 1 aliphatic heterocycles. The Morgan fingerprint density at radius 2 is 1.62 bits per heavy atom. The molecule has 0 aromatic heterocycles. The van der Waals surface area contributed by atoms with Crippen LogP contribution in [0.15, 0.2) is 36.4 Å². The number of amides is 2. The first-order valence-electron chi connectivity index (χ1n) is 6.93. The molecule has 6 nitrogen and oxygen atoms in total. The third-order valence-corrected chi connectivity index (χ3v) is 4.57. The van der Waals surface area contributed by atoms with Crippen molar-refractivity contribution in [3.05, 3.63) is 56.7 Å². The van der Waals surface area contributed by atoms with Crippen molar-refractivity contribution in [2.75, 3.05) is 19.1 Å². The molecule has 0 fully saturated rings. The Bertz CT molecular complexity index is 842. The summed E-state index contributed by atoms with van der Waals surface area (Å²) in [5, 5.41) is 0. The predicted molar refractivity (Wildman–Crippen MR) is 94.6 cm³/mol. The van der Waals surface area contributed by atoms with Crippen molar-refractivity contribution in [2.45, 2.75) is 0 Å². The Hall–Kier alpha value is -2.42. The van der Waals surface area contributed by atoms with Crippen LogP contribution in [0.25, 0.3) is 0 Å². The molecule has 0 bridgehead atoms. The van der Waals surface area contributed by atoms with Crippen LogP contribution in [0.3, 0.4) is 0 Å². The molecule has 0 saturated carbocycles. The highest BCUT2D eigenvalue weighted by molar-refractivity contribution is 14.1. The number of carbonyl (C=O) groups excluding carboxylic acids is 3. The van der Waals surface area contributed by atoms with Gasteiger partial charge >= 0.3 is 5.97 Å². The van der Waals surface area contributed by atoms with Crippen LogP contribution in [-0.4, -0.2) is 32.0 Å². The molecule has 1 aliphatic rings. The van der Waals surface area contributed by atoms with Gasteiger partial charge in [-0.15, -0.1) is 0 Å². The Labute approximate surface area is 151 Å². The fourth-order valence-corrected chi connectivity index (χ4v) is 3.27. The smallest absolute Gasteiger partial charge is 0.341 e. The number of esters is 1. The van der Waals surface area contributed by atoms with E-state index < -0.39 is 17.8 Å². The summed E-state index contributed by atoms with van der Waals surface area (Å²) in [4.78, 5) is 38.1. The lowest BCUT2D eigenvalue weighted by Gasteiger charge is -2.18. The van der Waals surface area contributed by atoms with Gasteiger partial charge < -0.3 is 9.47 Å². The number of benzene rings is 2. The zero-order valence-corrected chi connectivity index (χ0v) is 15.0. The second-order valence-electron chi connectivity index (χ2n) is 4.99. The van der Waals surface area contributed by atoms with Crippen molar-refractivity contribution < 1.29 is 23.9 Å². The van der Waals surface area contributed by atoms with Crippen LogP contribution in [0.5, 0.6) is 5.75 Å². The molecular weight excluding hydrogens is 425 g/mol. The molecule has 0 saturated heterocycles. The molecule has 2 aromatic rings. The summed E-state index contributed by atoms with van der Waals surface area (Å²) >= 11 is 1.97. The van der Waals surface area contributed by atoms with E-state index in [-0.39, 0.29) is 11.3 Å². The molecule has 0 N–H and O–H groups in total. The number of carbonyl (C=O) groups is 3. The lowest BCUT2D eigenvalue weighted by molar-refractivity contribution is 0.0597. The number of hydrogen-bond acceptors (Lipinski definition) is 5. The summed E-state index contributed by atoms with van der Waals surface area (Å²) in [5.74, 6) is -1.13. The van der Waals surface area contributed by atoms with E-state index in [0.29, 0.717) is 20.4 Å². The van der Waals surface area contributed by atoms with E-state index in [1.165, 1.54) is 26.4 Å². The van der Waals surface area contributed by atoms with Crippen LogP contribution in [0.2, 0.25) is 0 Å². The van der Waals surface area contributed by atoms with E-state index in [9.17, 15) is 14.4 Å². The Morgan fingerprint density at radius 3 is 2.12 bits per heavy atom. The molecule has 2 aromatic carbocycles. The van der Waals surface area contributed by atoms with E-state index in [1.54, 1.807) is 24.3 Å². The van der Waals surface area contributed by atoms with Crippen LogP contribution in [0, 0.1) is 3.57 Å². The van der Waals surface area contributed by atoms with E-state index >= 15 is 0 Å². The van der Waals surface area contributed by atoms with Crippen molar-refractivity contribution in [1.82, 2.24) is 0 Å². The molecule has 3 rings (SSSR count). The fourth-order valence-electron chi connectivity index (χ4n) is 2.56. The van der Waals surface area contributed by atoms with Gasteiger partial charge in [0, 0.05) is 9.64 Å². The van der Waals surface area contributed by atoms with Gasteiger partial charge in [0.2, 0.25) is 0 Å². The Balaban J connectivity index is 2.13. The summed E-state index contributed by atoms with van der Waals surface area (Å²) in [6, 6.07) is 9.67. The Morgan fingerprint density at radius 1 is 1.04 bits per heavy atom. The van der Waals surface area contributed by atoms with Crippen molar-refractivity contribution in [3.8, 4) is 5.75 Å². The maximum atomic E-state index is 12.6. The average molecular weight is 437 g/mol. The fraction of sp³-hybridized carbons (Fsp3) is 0.118. The first kappa shape index (κ1) is 16.4. The third-order valence-electron chi connectivity index (χ3n) is 3.71. The molecule has 0 aliphatic carbocycles. The van der Waals surface area contributed by atoms with Gasteiger partial charge in [-0.2, -0.15) is 0 Å². The van der Waals surface area contributed by atoms with Gasteiger partial charge in [-0.3, -0.25) is 9.59 Å². The number of hydrogen-bond donors (Lipinski definition) is 0. The zero-order valence-electron chi connectivity index (χ0n) is 12.8. The van der Waals surface area contributed by atoms with Crippen LogP contribution in [0.1, 0.15) is 31.1 Å². The number of nitrogens with zero attached hydrogens (tertiary/aromatic N) is 1. The normalized spacial score (nSPS) is 13.0. The van der Waals surface area contributed by atoms with Gasteiger partial charge in [-0.1, -0.05) is 12.1 Å². The van der Waals surface area contributed by atoms with E-state index in [4.69, 9.17) is 9.47 Å². The molecule has 0 atom stereocenters. The Kier molecular flexibility index (Phi) is 4.27. The van der Waals surface area contributed by atoms with Crippen molar-refractivity contribution in [1.29, 1.82) is 0 Å². The topological polar surface area (TPSA) is 72.9 Å². The highest BCUT2D eigenvalue weighted by atomic mass is 127. The maximum Gasteiger partial charge on any atom is 0.341 e. The van der Waals surface area contributed by atoms with Crippen molar-refractivity contribution >= 4 is 46.1 Å². The van der Waals surface area contributed by atoms with E-state index in [1.807, 2.05) is 22.6 Å². The third kappa shape index (κ3) is 2.44. The predicted octanol–water partition coefficient (Wildman–Crippen LogP) is 2.89. The molecule has 0 radical (unpaired) electrons. The number of imide groups is 1. The van der Waals surface area contributed by atoms with Crippen LogP contribution in [0.4, 0.5) is 5.69 Å². The van der Waals surface area contributed by atoms with Gasteiger partial charge in [0.1, 0.15) is 11.3 Å². The van der Waals surface area contributed by atoms with Crippen molar-refractivity contribution in [3.63, 3.8) is 0 Å². The SMILES string of the molecule is COC(=O)c1cc(I)c(N2C(=O)c3ccccc3C2=O)cc1OC. The minimum absolute atomic E-state index is 0.227. The summed E-state index contributed by atoms with van der Waals surface area (Å²) in [6.07, 6.45) is 0. The number of halogens is 1. The second kappa shape index (κ2) is 6.23. The minimum Gasteiger partial charge on any atom is -0.496 e. The van der Waals surface area contributed by atoms with Gasteiger partial charge in [0.15, 0.2) is 0 Å². The second-order valence-corrected chi connectivity index (χ2v) is 6.15. The number of methoxy groups -OCH3 is 2. The van der Waals surface area contributed by atoms with E-state index in [2.05, 4.69) is 0 Å². The average Bonchev–Trinajstić information content (AvgIpc) is 2.85. The van der Waals surface area contributed by atoms with Gasteiger partial charge in [0.25, 0.3) is 11.8 Å². The highest BCUT2D eigenvalue weighted by Gasteiger charge is 2.37. The number of rotatable bonds is 3. The summed E-state index contributed by atoms with van der Waals surface area (Å²) in [6.45, 7) is 0. The lowest BCUT2D eigenvalue weighted by Crippen LogP contribution is -2.30. The minimum atomic E-state index is -0.557. The van der Waals surface area contributed by atoms with Gasteiger partial charge in [-0.05, 0) is 40.8 Å². The summed E-state index contributed by atoms with van der Waals surface area (Å²) in [5.41, 5.74) is 1.31. The standard InChI is InChI=1S/C17H12INO5/c1-23-14-8-13(12(18)7-11(14)17(22)24-2)19-15(20)9-5-3-4-6-10(9)16(19)21/h3-8H,1-2H3. The molecule has 2 amide bonds. The number of anilines is 1. The molecule has 24 heavy (non-hydrogen) atoms. The molecule has 0 unspecified atom stereocenters.